The molecule has 0 saturated heterocycles. The van der Waals surface area contributed by atoms with Crippen LogP contribution in [0.3, 0.4) is 0 Å². The maximum atomic E-state index is 12.5. The van der Waals surface area contributed by atoms with Crippen LogP contribution in [0.15, 0.2) is 78.6 Å². The molecule has 0 aliphatic carbocycles. The van der Waals surface area contributed by atoms with Crippen LogP contribution in [0.1, 0.15) is 26.3 Å². The number of ether oxygens (including phenoxy) is 2. The summed E-state index contributed by atoms with van der Waals surface area (Å²) >= 11 is 5.98. The normalized spacial score (nSPS) is 13.9. The summed E-state index contributed by atoms with van der Waals surface area (Å²) in [4.78, 5) is 24.7. The minimum atomic E-state index is -0.207. The SMILES string of the molecule is O=C(COc1ccc2c(c1)OC(=Cc1cccc(Cl)c1)C2=O)c1ccccc1. The second-order valence-corrected chi connectivity index (χ2v) is 6.67. The summed E-state index contributed by atoms with van der Waals surface area (Å²) in [6, 6.07) is 21.0. The van der Waals surface area contributed by atoms with Crippen LogP contribution < -0.4 is 9.47 Å². The fourth-order valence-corrected chi connectivity index (χ4v) is 3.06. The average Bonchev–Trinajstić information content (AvgIpc) is 3.01. The first kappa shape index (κ1) is 18.0. The third kappa shape index (κ3) is 3.82. The van der Waals surface area contributed by atoms with Crippen LogP contribution in [0.5, 0.6) is 11.5 Å². The summed E-state index contributed by atoms with van der Waals surface area (Å²) in [6.07, 6.45) is 1.65. The Labute approximate surface area is 167 Å². The molecule has 0 fully saturated rings. The van der Waals surface area contributed by atoms with Crippen LogP contribution in [0.4, 0.5) is 0 Å². The van der Waals surface area contributed by atoms with Crippen molar-refractivity contribution < 1.29 is 19.1 Å². The first-order valence-corrected chi connectivity index (χ1v) is 9.03. The Kier molecular flexibility index (Phi) is 4.96. The molecule has 0 aromatic heterocycles. The van der Waals surface area contributed by atoms with Crippen molar-refractivity contribution in [1.29, 1.82) is 0 Å². The van der Waals surface area contributed by atoms with Gasteiger partial charge >= 0.3 is 0 Å². The fourth-order valence-electron chi connectivity index (χ4n) is 2.86. The summed E-state index contributed by atoms with van der Waals surface area (Å²) in [5.74, 6) is 0.749. The van der Waals surface area contributed by atoms with Gasteiger partial charge in [0.05, 0.1) is 5.56 Å². The van der Waals surface area contributed by atoms with E-state index in [0.29, 0.717) is 27.6 Å². The van der Waals surface area contributed by atoms with Crippen molar-refractivity contribution in [2.45, 2.75) is 0 Å². The average molecular weight is 391 g/mol. The predicted molar refractivity (Wildman–Crippen MR) is 107 cm³/mol. The van der Waals surface area contributed by atoms with Gasteiger partial charge in [0.1, 0.15) is 11.5 Å². The molecule has 0 radical (unpaired) electrons. The highest BCUT2D eigenvalue weighted by Crippen LogP contribution is 2.35. The number of rotatable bonds is 5. The number of hydrogen-bond donors (Lipinski definition) is 0. The van der Waals surface area contributed by atoms with E-state index in [1.54, 1.807) is 66.7 Å². The van der Waals surface area contributed by atoms with E-state index in [1.165, 1.54) is 0 Å². The lowest BCUT2D eigenvalue weighted by Gasteiger charge is -2.06. The molecule has 1 aliphatic rings. The van der Waals surface area contributed by atoms with Gasteiger partial charge in [-0.1, -0.05) is 54.1 Å². The smallest absolute Gasteiger partial charge is 0.231 e. The number of ketones is 2. The summed E-state index contributed by atoms with van der Waals surface area (Å²) < 4.78 is 11.3. The van der Waals surface area contributed by atoms with Crippen molar-refractivity contribution in [2.75, 3.05) is 6.61 Å². The van der Waals surface area contributed by atoms with Gasteiger partial charge in [0.2, 0.25) is 5.78 Å². The lowest BCUT2D eigenvalue weighted by Crippen LogP contribution is -2.11. The molecule has 5 heteroatoms. The second-order valence-electron chi connectivity index (χ2n) is 6.23. The molecule has 0 amide bonds. The number of allylic oxidation sites excluding steroid dienone is 1. The first-order chi connectivity index (χ1) is 13.6. The Balaban J connectivity index is 1.49. The largest absolute Gasteiger partial charge is 0.485 e. The third-order valence-corrected chi connectivity index (χ3v) is 4.49. The number of carbonyl (C=O) groups excluding carboxylic acids is 2. The molecule has 0 unspecified atom stereocenters. The summed E-state index contributed by atoms with van der Waals surface area (Å²) in [6.45, 7) is -0.0953. The molecule has 0 bridgehead atoms. The van der Waals surface area contributed by atoms with Gasteiger partial charge in [-0.2, -0.15) is 0 Å². The first-order valence-electron chi connectivity index (χ1n) is 8.65. The third-order valence-electron chi connectivity index (χ3n) is 4.25. The van der Waals surface area contributed by atoms with Crippen LogP contribution in [-0.4, -0.2) is 18.2 Å². The molecule has 0 N–H and O–H groups in total. The number of carbonyl (C=O) groups is 2. The van der Waals surface area contributed by atoms with Crippen molar-refractivity contribution in [3.8, 4) is 11.5 Å². The van der Waals surface area contributed by atoms with Gasteiger partial charge in [0.15, 0.2) is 18.1 Å². The molecule has 4 rings (SSSR count). The van der Waals surface area contributed by atoms with Crippen molar-refractivity contribution >= 4 is 29.2 Å². The Morgan fingerprint density at radius 3 is 2.61 bits per heavy atom. The van der Waals surface area contributed by atoms with Gasteiger partial charge in [0, 0.05) is 16.7 Å². The van der Waals surface area contributed by atoms with Gasteiger partial charge in [-0.25, -0.2) is 0 Å². The Hall–Kier alpha value is -3.37. The molecule has 138 valence electrons. The van der Waals surface area contributed by atoms with Gasteiger partial charge in [-0.3, -0.25) is 9.59 Å². The maximum Gasteiger partial charge on any atom is 0.231 e. The maximum absolute atomic E-state index is 12.5. The van der Waals surface area contributed by atoms with Gasteiger partial charge in [-0.05, 0) is 35.9 Å². The van der Waals surface area contributed by atoms with E-state index >= 15 is 0 Å². The predicted octanol–water partition coefficient (Wildman–Crippen LogP) is 5.22. The molecule has 0 spiro atoms. The Morgan fingerprint density at radius 1 is 1.00 bits per heavy atom. The summed E-state index contributed by atoms with van der Waals surface area (Å²) in [5.41, 5.74) is 1.81. The molecule has 3 aromatic carbocycles. The highest BCUT2D eigenvalue weighted by Gasteiger charge is 2.27. The van der Waals surface area contributed by atoms with Gasteiger partial charge in [-0.15, -0.1) is 0 Å². The van der Waals surface area contributed by atoms with Crippen molar-refractivity contribution in [2.24, 2.45) is 0 Å². The highest BCUT2D eigenvalue weighted by atomic mass is 35.5. The fraction of sp³-hybridized carbons (Fsp3) is 0.0435. The van der Waals surface area contributed by atoms with E-state index in [0.717, 1.165) is 5.56 Å². The molecular weight excluding hydrogens is 376 g/mol. The van der Waals surface area contributed by atoms with E-state index in [2.05, 4.69) is 0 Å². The highest BCUT2D eigenvalue weighted by molar-refractivity contribution is 6.30. The molecule has 1 heterocycles. The second kappa shape index (κ2) is 7.71. The minimum absolute atomic E-state index is 0.0953. The number of benzene rings is 3. The molecule has 4 nitrogen and oxygen atoms in total. The quantitative estimate of drug-likeness (QED) is 0.443. The molecular formula is C23H15ClO4. The Morgan fingerprint density at radius 2 is 1.82 bits per heavy atom. The molecule has 0 saturated carbocycles. The van der Waals surface area contributed by atoms with Crippen LogP contribution in [-0.2, 0) is 0 Å². The number of halogens is 1. The molecule has 28 heavy (non-hydrogen) atoms. The minimum Gasteiger partial charge on any atom is -0.485 e. The number of Topliss-reactive ketones (excluding diaryl/α,β-unsaturated/α-hetero) is 2. The molecule has 3 aromatic rings. The summed E-state index contributed by atoms with van der Waals surface area (Å²) in [7, 11) is 0. The monoisotopic (exact) mass is 390 g/mol. The van der Waals surface area contributed by atoms with E-state index < -0.39 is 0 Å². The summed E-state index contributed by atoms with van der Waals surface area (Å²) in [5, 5.41) is 0.580. The van der Waals surface area contributed by atoms with Crippen LogP contribution >= 0.6 is 11.6 Å². The van der Waals surface area contributed by atoms with Crippen molar-refractivity contribution in [1.82, 2.24) is 0 Å². The topological polar surface area (TPSA) is 52.6 Å². The van der Waals surface area contributed by atoms with Crippen LogP contribution in [0.25, 0.3) is 6.08 Å². The van der Waals surface area contributed by atoms with E-state index in [1.807, 2.05) is 12.1 Å². The molecule has 1 aliphatic heterocycles. The van der Waals surface area contributed by atoms with Crippen LogP contribution in [0.2, 0.25) is 5.02 Å². The zero-order valence-corrected chi connectivity index (χ0v) is 15.5. The zero-order chi connectivity index (χ0) is 19.5. The van der Waals surface area contributed by atoms with Crippen LogP contribution in [0, 0.1) is 0 Å². The van der Waals surface area contributed by atoms with Crippen molar-refractivity contribution in [3.05, 3.63) is 100 Å². The molecule has 0 atom stereocenters. The zero-order valence-electron chi connectivity index (χ0n) is 14.7. The number of fused-ring (bicyclic) bond motifs is 1. The lowest BCUT2D eigenvalue weighted by atomic mass is 10.1. The standard InChI is InChI=1S/C23H15ClO4/c24-17-8-4-5-15(11-17)12-22-23(26)19-10-9-18(13-21(19)28-22)27-14-20(25)16-6-2-1-3-7-16/h1-13H,14H2. The van der Waals surface area contributed by atoms with E-state index in [-0.39, 0.29) is 23.9 Å². The van der Waals surface area contributed by atoms with Gasteiger partial charge in [0.25, 0.3) is 0 Å². The van der Waals surface area contributed by atoms with E-state index in [9.17, 15) is 9.59 Å². The van der Waals surface area contributed by atoms with Crippen molar-refractivity contribution in [3.63, 3.8) is 0 Å². The van der Waals surface area contributed by atoms with Gasteiger partial charge < -0.3 is 9.47 Å². The van der Waals surface area contributed by atoms with E-state index in [4.69, 9.17) is 21.1 Å². The Bertz CT molecular complexity index is 1090. The number of hydrogen-bond acceptors (Lipinski definition) is 4. The lowest BCUT2D eigenvalue weighted by molar-refractivity contribution is 0.0921.